The molecule has 0 aliphatic rings. The predicted octanol–water partition coefficient (Wildman–Crippen LogP) is 2.83. The van der Waals surface area contributed by atoms with Crippen molar-refractivity contribution in [2.75, 3.05) is 6.61 Å². The molecule has 0 fully saturated rings. The normalized spacial score (nSPS) is 9.23. The van der Waals surface area contributed by atoms with Gasteiger partial charge in [0, 0.05) is 5.56 Å². The monoisotopic (exact) mass is 176 g/mol. The first-order chi connectivity index (χ1) is 6.38. The Kier molecular flexibility index (Phi) is 3.79. The zero-order valence-corrected chi connectivity index (χ0v) is 7.40. The van der Waals surface area contributed by atoms with Crippen molar-refractivity contribution < 1.29 is 9.78 Å². The second-order valence-corrected chi connectivity index (χ2v) is 2.40. The molecule has 1 aromatic rings. The summed E-state index contributed by atoms with van der Waals surface area (Å²) in [6.07, 6.45) is 3.34. The third kappa shape index (κ3) is 2.76. The summed E-state index contributed by atoms with van der Waals surface area (Å²) in [5.74, 6) is 0.666. The van der Waals surface area contributed by atoms with Crippen molar-refractivity contribution >= 4 is 6.08 Å². The summed E-state index contributed by atoms with van der Waals surface area (Å²) in [5, 5.41) is 0. The van der Waals surface area contributed by atoms with Gasteiger partial charge in [0.1, 0.15) is 6.61 Å². The van der Waals surface area contributed by atoms with Crippen molar-refractivity contribution in [3.8, 4) is 5.75 Å². The number of rotatable bonds is 5. The highest BCUT2D eigenvalue weighted by molar-refractivity contribution is 5.55. The maximum absolute atomic E-state index is 5.03. The van der Waals surface area contributed by atoms with Gasteiger partial charge in [-0.05, 0) is 6.07 Å². The second kappa shape index (κ2) is 5.17. The minimum atomic E-state index is 0.367. The fraction of sp³-hybridized carbons (Fsp3) is 0.0909. The highest BCUT2D eigenvalue weighted by Crippen LogP contribution is 2.18. The molecule has 0 unspecified atom stereocenters. The smallest absolute Gasteiger partial charge is 0.172 e. The van der Waals surface area contributed by atoms with E-state index in [9.17, 15) is 0 Å². The molecule has 68 valence electrons. The van der Waals surface area contributed by atoms with Gasteiger partial charge in [-0.1, -0.05) is 36.9 Å². The third-order valence-electron chi connectivity index (χ3n) is 1.47. The van der Waals surface area contributed by atoms with Crippen LogP contribution in [-0.2, 0) is 4.89 Å². The second-order valence-electron chi connectivity index (χ2n) is 2.40. The molecule has 13 heavy (non-hydrogen) atoms. The van der Waals surface area contributed by atoms with Crippen LogP contribution < -0.4 is 4.89 Å². The lowest BCUT2D eigenvalue weighted by Gasteiger charge is -2.05. The summed E-state index contributed by atoms with van der Waals surface area (Å²) in [6.45, 7) is 7.54. The van der Waals surface area contributed by atoms with Gasteiger partial charge in [0.15, 0.2) is 5.75 Å². The first-order valence-corrected chi connectivity index (χ1v) is 4.00. The lowest BCUT2D eigenvalue weighted by atomic mass is 10.2. The highest BCUT2D eigenvalue weighted by atomic mass is 17.2. The third-order valence-corrected chi connectivity index (χ3v) is 1.47. The molecule has 0 saturated carbocycles. The summed E-state index contributed by atoms with van der Waals surface area (Å²) >= 11 is 0. The van der Waals surface area contributed by atoms with Gasteiger partial charge >= 0.3 is 0 Å². The van der Waals surface area contributed by atoms with Gasteiger partial charge < -0.3 is 4.89 Å². The summed E-state index contributed by atoms with van der Waals surface area (Å²) in [7, 11) is 0. The molecular weight excluding hydrogens is 164 g/mol. The van der Waals surface area contributed by atoms with Crippen LogP contribution in [0.2, 0.25) is 0 Å². The van der Waals surface area contributed by atoms with Crippen molar-refractivity contribution in [2.45, 2.75) is 0 Å². The van der Waals surface area contributed by atoms with Crippen molar-refractivity contribution in [1.29, 1.82) is 0 Å². The van der Waals surface area contributed by atoms with Gasteiger partial charge in [-0.25, -0.2) is 0 Å². The molecule has 0 atom stereocenters. The number of hydrogen-bond acceptors (Lipinski definition) is 2. The van der Waals surface area contributed by atoms with E-state index in [1.807, 2.05) is 24.3 Å². The molecule has 2 heteroatoms. The van der Waals surface area contributed by atoms with E-state index in [0.717, 1.165) is 5.56 Å². The molecular formula is C11H12O2. The standard InChI is InChI=1S/C11H12O2/c1-3-9-12-13-11-8-6-5-7-10(11)4-2/h3-8H,1-2,9H2. The molecule has 0 amide bonds. The molecule has 0 aromatic heterocycles. The van der Waals surface area contributed by atoms with Crippen LogP contribution in [0.3, 0.4) is 0 Å². The lowest BCUT2D eigenvalue weighted by molar-refractivity contribution is -0.195. The van der Waals surface area contributed by atoms with Crippen molar-refractivity contribution in [2.24, 2.45) is 0 Å². The van der Waals surface area contributed by atoms with Crippen molar-refractivity contribution in [3.63, 3.8) is 0 Å². The van der Waals surface area contributed by atoms with Crippen LogP contribution in [0.1, 0.15) is 5.56 Å². The molecule has 0 radical (unpaired) electrons. The Morgan fingerprint density at radius 3 is 2.69 bits per heavy atom. The average molecular weight is 176 g/mol. The summed E-state index contributed by atoms with van der Waals surface area (Å²) < 4.78 is 0. The first-order valence-electron chi connectivity index (χ1n) is 4.00. The molecule has 1 rings (SSSR count). The van der Waals surface area contributed by atoms with E-state index in [2.05, 4.69) is 13.2 Å². The Morgan fingerprint density at radius 1 is 1.23 bits per heavy atom. The zero-order chi connectivity index (χ0) is 9.52. The summed E-state index contributed by atoms with van der Waals surface area (Å²) in [6, 6.07) is 7.51. The Balaban J connectivity index is 2.63. The van der Waals surface area contributed by atoms with E-state index in [-0.39, 0.29) is 0 Å². The molecule has 0 heterocycles. The average Bonchev–Trinajstić information content (AvgIpc) is 2.19. The molecule has 0 saturated heterocycles. The minimum Gasteiger partial charge on any atom is -0.337 e. The van der Waals surface area contributed by atoms with Gasteiger partial charge in [-0.3, -0.25) is 0 Å². The maximum Gasteiger partial charge on any atom is 0.172 e. The van der Waals surface area contributed by atoms with Crippen LogP contribution in [0, 0.1) is 0 Å². The van der Waals surface area contributed by atoms with Crippen LogP contribution in [-0.4, -0.2) is 6.61 Å². The summed E-state index contributed by atoms with van der Waals surface area (Å²) in [4.78, 5) is 9.87. The van der Waals surface area contributed by atoms with Gasteiger partial charge in [0.05, 0.1) is 0 Å². The predicted molar refractivity (Wildman–Crippen MR) is 53.3 cm³/mol. The fourth-order valence-electron chi connectivity index (χ4n) is 0.871. The number of hydrogen-bond donors (Lipinski definition) is 0. The molecule has 0 bridgehead atoms. The van der Waals surface area contributed by atoms with Crippen molar-refractivity contribution in [1.82, 2.24) is 0 Å². The molecule has 0 aliphatic heterocycles. The molecule has 0 spiro atoms. The van der Waals surface area contributed by atoms with Gasteiger partial charge in [0.25, 0.3) is 0 Å². The largest absolute Gasteiger partial charge is 0.337 e. The highest BCUT2D eigenvalue weighted by Gasteiger charge is 1.98. The van der Waals surface area contributed by atoms with Gasteiger partial charge in [0.2, 0.25) is 0 Å². The number of para-hydroxylation sites is 1. The van der Waals surface area contributed by atoms with E-state index in [0.29, 0.717) is 12.4 Å². The molecule has 2 nitrogen and oxygen atoms in total. The first kappa shape index (κ1) is 9.55. The lowest BCUT2D eigenvalue weighted by Crippen LogP contribution is -1.97. The quantitative estimate of drug-likeness (QED) is 0.297. The number of benzene rings is 1. The van der Waals surface area contributed by atoms with E-state index in [1.165, 1.54) is 0 Å². The molecule has 0 aliphatic carbocycles. The Labute approximate surface area is 78.0 Å². The van der Waals surface area contributed by atoms with Crippen LogP contribution >= 0.6 is 0 Å². The van der Waals surface area contributed by atoms with Crippen LogP contribution in [0.15, 0.2) is 43.5 Å². The molecule has 0 N–H and O–H groups in total. The van der Waals surface area contributed by atoms with Crippen LogP contribution in [0.4, 0.5) is 0 Å². The Morgan fingerprint density at radius 2 is 2.00 bits per heavy atom. The molecule has 1 aromatic carbocycles. The van der Waals surface area contributed by atoms with Crippen LogP contribution in [0.25, 0.3) is 6.08 Å². The minimum absolute atomic E-state index is 0.367. The Bertz CT molecular complexity index is 292. The van der Waals surface area contributed by atoms with E-state index < -0.39 is 0 Å². The van der Waals surface area contributed by atoms with Gasteiger partial charge in [-0.15, -0.1) is 6.58 Å². The van der Waals surface area contributed by atoms with E-state index >= 15 is 0 Å². The van der Waals surface area contributed by atoms with Crippen molar-refractivity contribution in [3.05, 3.63) is 49.1 Å². The topological polar surface area (TPSA) is 18.5 Å². The summed E-state index contributed by atoms with van der Waals surface area (Å²) in [5.41, 5.74) is 0.909. The maximum atomic E-state index is 5.03. The SMILES string of the molecule is C=CCOOc1ccccc1C=C. The zero-order valence-electron chi connectivity index (χ0n) is 7.40. The Hall–Kier alpha value is -1.54. The van der Waals surface area contributed by atoms with Gasteiger partial charge in [-0.2, -0.15) is 4.89 Å². The fourth-order valence-corrected chi connectivity index (χ4v) is 0.871. The van der Waals surface area contributed by atoms with E-state index in [4.69, 9.17) is 9.78 Å². The van der Waals surface area contributed by atoms with E-state index in [1.54, 1.807) is 12.2 Å². The van der Waals surface area contributed by atoms with Crippen LogP contribution in [0.5, 0.6) is 5.75 Å².